The van der Waals surface area contributed by atoms with Gasteiger partial charge in [0, 0.05) is 4.88 Å². The Morgan fingerprint density at radius 3 is 2.88 bits per heavy atom. The number of nitrogens with two attached hydrogens (primary N) is 1. The van der Waals surface area contributed by atoms with Crippen LogP contribution in [-0.4, -0.2) is 11.0 Å². The second kappa shape index (κ2) is 4.32. The largest absolute Gasteiger partial charge is 0.393 e. The number of ketones is 1. The number of rotatable bonds is 2. The SMILES string of the molecule is CC(=O)[C@@H]1SC(N)=C(C#N)[C@H]1c1cccs1. The van der Waals surface area contributed by atoms with Crippen LogP contribution in [0.2, 0.25) is 0 Å². The van der Waals surface area contributed by atoms with Crippen LogP contribution in [0.3, 0.4) is 0 Å². The van der Waals surface area contributed by atoms with Gasteiger partial charge in [-0.2, -0.15) is 5.26 Å². The molecule has 2 rings (SSSR count). The van der Waals surface area contributed by atoms with E-state index in [0.717, 1.165) is 4.88 Å². The average molecular weight is 250 g/mol. The fraction of sp³-hybridized carbons (Fsp3) is 0.273. The molecule has 1 aliphatic rings. The Hall–Kier alpha value is -1.25. The van der Waals surface area contributed by atoms with Gasteiger partial charge in [0.05, 0.1) is 27.8 Å². The zero-order valence-electron chi connectivity index (χ0n) is 8.64. The molecule has 82 valence electrons. The molecule has 0 unspecified atom stereocenters. The highest BCUT2D eigenvalue weighted by Gasteiger charge is 2.39. The summed E-state index contributed by atoms with van der Waals surface area (Å²) in [6.45, 7) is 1.55. The maximum atomic E-state index is 11.6. The predicted octanol–water partition coefficient (Wildman–Crippen LogP) is 2.23. The molecule has 0 spiro atoms. The first-order valence-electron chi connectivity index (χ1n) is 4.75. The summed E-state index contributed by atoms with van der Waals surface area (Å²) in [6.07, 6.45) is 0. The second-order valence-corrected chi connectivity index (χ2v) is 5.69. The highest BCUT2D eigenvalue weighted by Crippen LogP contribution is 2.46. The standard InChI is InChI=1S/C11H10N2OS2/c1-6(14)10-9(8-3-2-4-15-8)7(5-12)11(13)16-10/h2-4,9-10H,13H2,1H3/t9-,10-/m0/s1. The van der Waals surface area contributed by atoms with E-state index in [2.05, 4.69) is 6.07 Å². The Morgan fingerprint density at radius 1 is 1.62 bits per heavy atom. The number of nitriles is 1. The Labute approximate surface area is 102 Å². The molecule has 16 heavy (non-hydrogen) atoms. The van der Waals surface area contributed by atoms with E-state index in [1.807, 2.05) is 17.5 Å². The smallest absolute Gasteiger partial charge is 0.144 e. The molecule has 0 bridgehead atoms. The van der Waals surface area contributed by atoms with Gasteiger partial charge in [-0.1, -0.05) is 17.8 Å². The number of hydrogen-bond acceptors (Lipinski definition) is 5. The minimum absolute atomic E-state index is 0.0663. The van der Waals surface area contributed by atoms with Gasteiger partial charge in [-0.15, -0.1) is 11.3 Å². The number of nitrogens with zero attached hydrogens (tertiary/aromatic N) is 1. The number of carbonyl (C=O) groups excluding carboxylic acids is 1. The van der Waals surface area contributed by atoms with E-state index in [1.54, 1.807) is 18.3 Å². The maximum absolute atomic E-state index is 11.6. The third kappa shape index (κ3) is 1.75. The number of hydrogen-bond donors (Lipinski definition) is 1. The van der Waals surface area contributed by atoms with Crippen molar-refractivity contribution in [1.82, 2.24) is 0 Å². The van der Waals surface area contributed by atoms with E-state index in [9.17, 15) is 4.79 Å². The molecule has 0 radical (unpaired) electrons. The third-order valence-electron chi connectivity index (χ3n) is 2.50. The lowest BCUT2D eigenvalue weighted by molar-refractivity contribution is -0.116. The van der Waals surface area contributed by atoms with Crippen molar-refractivity contribution in [3.63, 3.8) is 0 Å². The summed E-state index contributed by atoms with van der Waals surface area (Å²) in [6, 6.07) is 5.99. The summed E-state index contributed by atoms with van der Waals surface area (Å²) in [7, 11) is 0. The lowest BCUT2D eigenvalue weighted by atomic mass is 9.93. The molecule has 2 heterocycles. The topological polar surface area (TPSA) is 66.9 Å². The van der Waals surface area contributed by atoms with Crippen LogP contribution >= 0.6 is 23.1 Å². The van der Waals surface area contributed by atoms with Gasteiger partial charge in [-0.05, 0) is 18.4 Å². The predicted molar refractivity (Wildman–Crippen MR) is 65.9 cm³/mol. The van der Waals surface area contributed by atoms with Gasteiger partial charge in [-0.25, -0.2) is 0 Å². The van der Waals surface area contributed by atoms with Crippen LogP contribution in [0.4, 0.5) is 0 Å². The highest BCUT2D eigenvalue weighted by atomic mass is 32.2. The minimum Gasteiger partial charge on any atom is -0.393 e. The first-order chi connectivity index (χ1) is 7.65. The van der Waals surface area contributed by atoms with Crippen molar-refractivity contribution in [2.45, 2.75) is 18.1 Å². The van der Waals surface area contributed by atoms with Gasteiger partial charge >= 0.3 is 0 Å². The van der Waals surface area contributed by atoms with Crippen LogP contribution in [0, 0.1) is 11.3 Å². The first-order valence-corrected chi connectivity index (χ1v) is 6.51. The highest BCUT2D eigenvalue weighted by molar-refractivity contribution is 8.04. The average Bonchev–Trinajstić information content (AvgIpc) is 2.83. The van der Waals surface area contributed by atoms with Crippen molar-refractivity contribution in [2.75, 3.05) is 0 Å². The monoisotopic (exact) mass is 250 g/mol. The number of allylic oxidation sites excluding steroid dienone is 1. The molecular formula is C11H10N2OS2. The molecule has 1 aromatic heterocycles. The molecular weight excluding hydrogens is 240 g/mol. The van der Waals surface area contributed by atoms with Gasteiger partial charge < -0.3 is 5.73 Å². The quantitative estimate of drug-likeness (QED) is 0.874. The van der Waals surface area contributed by atoms with Crippen molar-refractivity contribution in [1.29, 1.82) is 5.26 Å². The van der Waals surface area contributed by atoms with Gasteiger partial charge in [0.25, 0.3) is 0 Å². The van der Waals surface area contributed by atoms with Crippen LogP contribution in [-0.2, 0) is 4.79 Å². The Morgan fingerprint density at radius 2 is 2.38 bits per heavy atom. The Balaban J connectivity index is 2.45. The van der Waals surface area contributed by atoms with Crippen LogP contribution in [0.5, 0.6) is 0 Å². The molecule has 0 saturated carbocycles. The molecule has 2 N–H and O–H groups in total. The molecule has 5 heteroatoms. The van der Waals surface area contributed by atoms with Crippen molar-refractivity contribution in [3.8, 4) is 6.07 Å². The molecule has 1 aliphatic heterocycles. The molecule has 1 aromatic rings. The summed E-state index contributed by atoms with van der Waals surface area (Å²) in [5.41, 5.74) is 6.32. The van der Waals surface area contributed by atoms with Gasteiger partial charge in [0.1, 0.15) is 5.78 Å². The van der Waals surface area contributed by atoms with Crippen molar-refractivity contribution >= 4 is 28.9 Å². The lowest BCUT2D eigenvalue weighted by Crippen LogP contribution is -2.19. The molecule has 2 atom stereocenters. The Bertz CT molecular complexity index is 485. The molecule has 0 amide bonds. The maximum Gasteiger partial charge on any atom is 0.144 e. The third-order valence-corrected chi connectivity index (χ3v) is 4.79. The molecule has 0 fully saturated rings. The second-order valence-electron chi connectivity index (χ2n) is 3.53. The molecule has 0 aromatic carbocycles. The van der Waals surface area contributed by atoms with Gasteiger partial charge in [0.15, 0.2) is 0 Å². The number of carbonyl (C=O) groups is 1. The lowest BCUT2D eigenvalue weighted by Gasteiger charge is -2.14. The van der Waals surface area contributed by atoms with Crippen molar-refractivity contribution < 1.29 is 4.79 Å². The van der Waals surface area contributed by atoms with E-state index in [1.165, 1.54) is 11.8 Å². The fourth-order valence-corrected chi connectivity index (χ4v) is 3.89. The number of thioether (sulfide) groups is 1. The van der Waals surface area contributed by atoms with E-state index in [4.69, 9.17) is 11.0 Å². The van der Waals surface area contributed by atoms with Crippen LogP contribution in [0.25, 0.3) is 0 Å². The van der Waals surface area contributed by atoms with Crippen LogP contribution < -0.4 is 5.73 Å². The fourth-order valence-electron chi connectivity index (χ4n) is 1.77. The van der Waals surface area contributed by atoms with Gasteiger partial charge in [0.2, 0.25) is 0 Å². The number of thiophene rings is 1. The molecule has 3 nitrogen and oxygen atoms in total. The van der Waals surface area contributed by atoms with Crippen molar-refractivity contribution in [3.05, 3.63) is 33.0 Å². The van der Waals surface area contributed by atoms with Crippen LogP contribution in [0.1, 0.15) is 17.7 Å². The normalized spacial score (nSPS) is 24.5. The van der Waals surface area contributed by atoms with Crippen molar-refractivity contribution in [2.24, 2.45) is 5.73 Å². The summed E-state index contributed by atoms with van der Waals surface area (Å²) in [4.78, 5) is 12.6. The number of Topliss-reactive ketones (excluding diaryl/α,β-unsaturated/α-hetero) is 1. The van der Waals surface area contributed by atoms with Crippen LogP contribution in [0.15, 0.2) is 28.1 Å². The Kier molecular flexibility index (Phi) is 3.03. The summed E-state index contributed by atoms with van der Waals surface area (Å²) >= 11 is 2.86. The first kappa shape index (κ1) is 11.2. The molecule has 0 aliphatic carbocycles. The molecule has 0 saturated heterocycles. The summed E-state index contributed by atoms with van der Waals surface area (Å²) in [5, 5.41) is 11.3. The zero-order chi connectivity index (χ0) is 11.7. The zero-order valence-corrected chi connectivity index (χ0v) is 10.3. The van der Waals surface area contributed by atoms with E-state index in [-0.39, 0.29) is 17.0 Å². The van der Waals surface area contributed by atoms with E-state index >= 15 is 0 Å². The van der Waals surface area contributed by atoms with E-state index < -0.39 is 0 Å². The minimum atomic E-state index is -0.242. The summed E-state index contributed by atoms with van der Waals surface area (Å²) in [5.74, 6) is -0.0934. The van der Waals surface area contributed by atoms with Gasteiger partial charge in [-0.3, -0.25) is 4.79 Å². The summed E-state index contributed by atoms with van der Waals surface area (Å²) < 4.78 is 0. The van der Waals surface area contributed by atoms with E-state index in [0.29, 0.717) is 10.6 Å².